The molecule has 2 aromatic rings. The topological polar surface area (TPSA) is 63.3 Å². The zero-order valence-corrected chi connectivity index (χ0v) is 9.51. The van der Waals surface area contributed by atoms with Crippen molar-refractivity contribution in [3.63, 3.8) is 0 Å². The van der Waals surface area contributed by atoms with E-state index in [1.54, 1.807) is 6.26 Å². The average Bonchev–Trinajstić information content (AvgIpc) is 2.75. The molecule has 0 bridgehead atoms. The van der Waals surface area contributed by atoms with Crippen LogP contribution in [0.4, 0.5) is 0 Å². The average molecular weight is 231 g/mol. The molecular weight excluding hydrogens is 218 g/mol. The second-order valence-electron chi connectivity index (χ2n) is 3.93. The van der Waals surface area contributed by atoms with Crippen molar-refractivity contribution in [1.29, 1.82) is 0 Å². The third kappa shape index (κ3) is 2.72. The Labute approximate surface area is 98.9 Å². The van der Waals surface area contributed by atoms with Gasteiger partial charge in [0.2, 0.25) is 0 Å². The summed E-state index contributed by atoms with van der Waals surface area (Å²) in [6, 6.07) is 7.96. The number of aliphatic carboxylic acids is 1. The molecule has 4 nitrogen and oxygen atoms in total. The molecule has 1 heterocycles. The molecule has 0 aliphatic carbocycles. The maximum atomic E-state index is 10.5. The molecule has 0 saturated carbocycles. The van der Waals surface area contributed by atoms with Crippen LogP contribution in [0.1, 0.15) is 17.7 Å². The monoisotopic (exact) mass is 231 g/mol. The molecule has 4 heteroatoms. The number of hydrogen-bond acceptors (Lipinski definition) is 3. The summed E-state index contributed by atoms with van der Waals surface area (Å²) in [5, 5.41) is 12.5. The Bertz CT molecular complexity index is 514. The van der Waals surface area contributed by atoms with E-state index in [1.165, 1.54) is 5.56 Å². The lowest BCUT2D eigenvalue weighted by Crippen LogP contribution is -1.98. The first-order chi connectivity index (χ1) is 8.16. The molecule has 0 spiro atoms. The van der Waals surface area contributed by atoms with E-state index in [-0.39, 0.29) is 6.42 Å². The van der Waals surface area contributed by atoms with Gasteiger partial charge in [0.05, 0.1) is 12.1 Å². The predicted octanol–water partition coefficient (Wildman–Crippen LogP) is 2.67. The number of carboxylic acids is 1. The van der Waals surface area contributed by atoms with E-state index < -0.39 is 5.97 Å². The smallest absolute Gasteiger partial charge is 0.303 e. The van der Waals surface area contributed by atoms with E-state index in [1.807, 2.05) is 31.2 Å². The lowest BCUT2D eigenvalue weighted by atomic mass is 10.0. The zero-order chi connectivity index (χ0) is 12.3. The van der Waals surface area contributed by atoms with E-state index in [4.69, 9.17) is 9.63 Å². The van der Waals surface area contributed by atoms with Gasteiger partial charge in [-0.2, -0.15) is 0 Å². The highest BCUT2D eigenvalue weighted by molar-refractivity contribution is 5.69. The normalized spacial score (nSPS) is 10.4. The third-order valence-corrected chi connectivity index (χ3v) is 2.58. The van der Waals surface area contributed by atoms with Gasteiger partial charge < -0.3 is 9.63 Å². The maximum absolute atomic E-state index is 10.5. The van der Waals surface area contributed by atoms with Crippen LogP contribution in [0.15, 0.2) is 35.1 Å². The van der Waals surface area contributed by atoms with Crippen molar-refractivity contribution < 1.29 is 14.4 Å². The van der Waals surface area contributed by atoms with E-state index >= 15 is 0 Å². The first-order valence-electron chi connectivity index (χ1n) is 5.39. The second-order valence-corrected chi connectivity index (χ2v) is 3.93. The summed E-state index contributed by atoms with van der Waals surface area (Å²) < 4.78 is 4.92. The highest BCUT2D eigenvalue weighted by atomic mass is 16.5. The van der Waals surface area contributed by atoms with Crippen LogP contribution in [0.3, 0.4) is 0 Å². The molecule has 0 aliphatic heterocycles. The Hall–Kier alpha value is -2.10. The number of nitrogens with zero attached hydrogens (tertiary/aromatic N) is 1. The molecule has 0 saturated heterocycles. The molecule has 17 heavy (non-hydrogen) atoms. The Morgan fingerprint density at radius 2 is 2.06 bits per heavy atom. The summed E-state index contributed by atoms with van der Waals surface area (Å²) in [6.07, 6.45) is 2.00. The fourth-order valence-electron chi connectivity index (χ4n) is 1.63. The van der Waals surface area contributed by atoms with Crippen molar-refractivity contribution >= 4 is 5.97 Å². The molecule has 0 fully saturated rings. The van der Waals surface area contributed by atoms with Crippen LogP contribution < -0.4 is 0 Å². The van der Waals surface area contributed by atoms with Gasteiger partial charge in [-0.1, -0.05) is 35.0 Å². The van der Waals surface area contributed by atoms with Gasteiger partial charge in [-0.05, 0) is 12.5 Å². The van der Waals surface area contributed by atoms with Crippen molar-refractivity contribution in [3.05, 3.63) is 41.8 Å². The number of hydrogen-bond donors (Lipinski definition) is 1. The summed E-state index contributed by atoms with van der Waals surface area (Å²) in [7, 11) is 0. The number of rotatable bonds is 4. The van der Waals surface area contributed by atoms with E-state index in [0.29, 0.717) is 12.1 Å². The van der Waals surface area contributed by atoms with Crippen LogP contribution in [0.2, 0.25) is 0 Å². The van der Waals surface area contributed by atoms with E-state index in [0.717, 1.165) is 11.1 Å². The fraction of sp³-hybridized carbons (Fsp3) is 0.231. The zero-order valence-electron chi connectivity index (χ0n) is 9.51. The quantitative estimate of drug-likeness (QED) is 0.878. The minimum atomic E-state index is -0.831. The van der Waals surface area contributed by atoms with Crippen LogP contribution in [0.5, 0.6) is 0 Å². The number of carboxylic acid groups (broad SMARTS) is 1. The third-order valence-electron chi connectivity index (χ3n) is 2.58. The SMILES string of the molecule is Cc1ccc(-c2conc2CCC(=O)O)cc1. The molecule has 0 amide bonds. The van der Waals surface area contributed by atoms with Crippen LogP contribution in [-0.4, -0.2) is 16.2 Å². The molecular formula is C13H13NO3. The van der Waals surface area contributed by atoms with Gasteiger partial charge in [-0.25, -0.2) is 0 Å². The number of aromatic nitrogens is 1. The molecule has 0 radical (unpaired) electrons. The van der Waals surface area contributed by atoms with Crippen molar-refractivity contribution in [2.24, 2.45) is 0 Å². The van der Waals surface area contributed by atoms with Crippen LogP contribution in [0.25, 0.3) is 11.1 Å². The van der Waals surface area contributed by atoms with Crippen LogP contribution >= 0.6 is 0 Å². The summed E-state index contributed by atoms with van der Waals surface area (Å²) in [4.78, 5) is 10.5. The fourth-order valence-corrected chi connectivity index (χ4v) is 1.63. The van der Waals surface area contributed by atoms with Gasteiger partial charge in [0.15, 0.2) is 0 Å². The largest absolute Gasteiger partial charge is 0.481 e. The summed E-state index contributed by atoms with van der Waals surface area (Å²) in [5.74, 6) is -0.831. The van der Waals surface area contributed by atoms with E-state index in [2.05, 4.69) is 5.16 Å². The molecule has 2 rings (SSSR count). The molecule has 1 aromatic carbocycles. The molecule has 0 aliphatic rings. The molecule has 88 valence electrons. The molecule has 0 atom stereocenters. The van der Waals surface area contributed by atoms with Crippen molar-refractivity contribution in [2.75, 3.05) is 0 Å². The van der Waals surface area contributed by atoms with Crippen LogP contribution in [0, 0.1) is 6.92 Å². The van der Waals surface area contributed by atoms with Gasteiger partial charge >= 0.3 is 5.97 Å². The first-order valence-corrected chi connectivity index (χ1v) is 5.39. The van der Waals surface area contributed by atoms with Gasteiger partial charge in [0.1, 0.15) is 6.26 Å². The Morgan fingerprint density at radius 3 is 2.71 bits per heavy atom. The van der Waals surface area contributed by atoms with E-state index in [9.17, 15) is 4.79 Å². The predicted molar refractivity (Wildman–Crippen MR) is 62.6 cm³/mol. The second kappa shape index (κ2) is 4.82. The standard InChI is InChI=1S/C13H13NO3/c1-9-2-4-10(5-3-9)11-8-17-14-12(11)6-7-13(15)16/h2-5,8H,6-7H2,1H3,(H,15,16). The van der Waals surface area contributed by atoms with Gasteiger partial charge in [-0.3, -0.25) is 4.79 Å². The number of benzene rings is 1. The lowest BCUT2D eigenvalue weighted by Gasteiger charge is -2.00. The van der Waals surface area contributed by atoms with Crippen LogP contribution in [-0.2, 0) is 11.2 Å². The summed E-state index contributed by atoms with van der Waals surface area (Å²) in [5.41, 5.74) is 3.73. The van der Waals surface area contributed by atoms with Gasteiger partial charge in [0.25, 0.3) is 0 Å². The maximum Gasteiger partial charge on any atom is 0.303 e. The van der Waals surface area contributed by atoms with Gasteiger partial charge in [-0.15, -0.1) is 0 Å². The first kappa shape index (κ1) is 11.4. The summed E-state index contributed by atoms with van der Waals surface area (Å²) in [6.45, 7) is 2.02. The molecule has 0 unspecified atom stereocenters. The van der Waals surface area contributed by atoms with Gasteiger partial charge in [0, 0.05) is 12.0 Å². The number of carbonyl (C=O) groups is 1. The number of aryl methyl sites for hydroxylation is 2. The Morgan fingerprint density at radius 1 is 1.35 bits per heavy atom. The minimum absolute atomic E-state index is 0.0609. The highest BCUT2D eigenvalue weighted by Gasteiger charge is 2.11. The van der Waals surface area contributed by atoms with Crippen molar-refractivity contribution in [2.45, 2.75) is 19.8 Å². The molecule has 1 N–H and O–H groups in total. The van der Waals surface area contributed by atoms with Crippen molar-refractivity contribution in [1.82, 2.24) is 5.16 Å². The Balaban J connectivity index is 2.24. The highest BCUT2D eigenvalue weighted by Crippen LogP contribution is 2.24. The summed E-state index contributed by atoms with van der Waals surface area (Å²) >= 11 is 0. The minimum Gasteiger partial charge on any atom is -0.481 e. The van der Waals surface area contributed by atoms with Crippen molar-refractivity contribution in [3.8, 4) is 11.1 Å². The Kier molecular flexibility index (Phi) is 3.23. The molecule has 1 aromatic heterocycles. The lowest BCUT2D eigenvalue weighted by molar-refractivity contribution is -0.136.